The van der Waals surface area contributed by atoms with Crippen LogP contribution in [0.15, 0.2) is 41.3 Å². The highest BCUT2D eigenvalue weighted by Gasteiger charge is 2.22. The Morgan fingerprint density at radius 2 is 1.68 bits per heavy atom. The molecule has 3 N–H and O–H groups in total. The number of rotatable bonds is 3. The molecule has 10 heteroatoms. The van der Waals surface area contributed by atoms with Gasteiger partial charge in [0, 0.05) is 5.02 Å². The van der Waals surface area contributed by atoms with Gasteiger partial charge in [-0.25, -0.2) is 12.8 Å². The van der Waals surface area contributed by atoms with Gasteiger partial charge >= 0.3 is 0 Å². The number of carbonyl (C=O) groups is 2. The zero-order valence-corrected chi connectivity index (χ0v) is 14.0. The van der Waals surface area contributed by atoms with Crippen LogP contribution in [0.25, 0.3) is 0 Å². The predicted molar refractivity (Wildman–Crippen MR) is 90.5 cm³/mol. The number of hydrogen-bond donors (Lipinski definition) is 3. The summed E-state index contributed by atoms with van der Waals surface area (Å²) in [7, 11) is -4.12. The molecule has 0 unspecified atom stereocenters. The topological polar surface area (TPSA) is 104 Å². The van der Waals surface area contributed by atoms with Gasteiger partial charge in [-0.3, -0.25) is 14.3 Å². The summed E-state index contributed by atoms with van der Waals surface area (Å²) < 4.78 is 40.8. The molecule has 1 aliphatic heterocycles. The summed E-state index contributed by atoms with van der Waals surface area (Å²) in [4.78, 5) is 22.9. The van der Waals surface area contributed by atoms with Gasteiger partial charge in [-0.15, -0.1) is 0 Å². The van der Waals surface area contributed by atoms with Gasteiger partial charge in [0.1, 0.15) is 12.2 Å². The van der Waals surface area contributed by atoms with Crippen molar-refractivity contribution in [2.75, 3.05) is 15.4 Å². The van der Waals surface area contributed by atoms with E-state index in [0.29, 0.717) is 0 Å². The first-order valence-electron chi connectivity index (χ1n) is 6.96. The maximum Gasteiger partial charge on any atom is 0.262 e. The van der Waals surface area contributed by atoms with Gasteiger partial charge in [0.05, 0.1) is 22.0 Å². The Hall–Kier alpha value is -2.65. The van der Waals surface area contributed by atoms with Crippen molar-refractivity contribution >= 4 is 50.5 Å². The fourth-order valence-corrected chi connectivity index (χ4v) is 3.47. The molecule has 0 saturated heterocycles. The maximum absolute atomic E-state index is 13.8. The monoisotopic (exact) mass is 383 g/mol. The lowest BCUT2D eigenvalue weighted by atomic mass is 10.2. The SMILES string of the molecule is O=C1CC(=O)Nc2cc(S(=O)(=O)Nc3ccc(Cl)cc3F)ccc2N1. The molecule has 2 aromatic carbocycles. The molecular weight excluding hydrogens is 373 g/mol. The molecule has 2 aromatic rings. The van der Waals surface area contributed by atoms with Crippen molar-refractivity contribution in [3.63, 3.8) is 0 Å². The van der Waals surface area contributed by atoms with E-state index in [-0.39, 0.29) is 33.4 Å². The average Bonchev–Trinajstić information content (AvgIpc) is 2.65. The summed E-state index contributed by atoms with van der Waals surface area (Å²) in [5.41, 5.74) is 0.138. The predicted octanol–water partition coefficient (Wildman–Crippen LogP) is 2.56. The van der Waals surface area contributed by atoms with Crippen molar-refractivity contribution in [2.24, 2.45) is 0 Å². The molecule has 25 heavy (non-hydrogen) atoms. The molecule has 130 valence electrons. The minimum atomic E-state index is -4.12. The molecule has 2 amide bonds. The second-order valence-electron chi connectivity index (χ2n) is 5.21. The number of benzene rings is 2. The zero-order chi connectivity index (χ0) is 18.2. The Morgan fingerprint density at radius 1 is 1.00 bits per heavy atom. The van der Waals surface area contributed by atoms with Gasteiger partial charge < -0.3 is 10.6 Å². The number of fused-ring (bicyclic) bond motifs is 1. The van der Waals surface area contributed by atoms with Crippen molar-refractivity contribution in [1.82, 2.24) is 0 Å². The lowest BCUT2D eigenvalue weighted by molar-refractivity contribution is -0.123. The third kappa shape index (κ3) is 3.72. The molecule has 7 nitrogen and oxygen atoms in total. The summed E-state index contributed by atoms with van der Waals surface area (Å²) in [6.45, 7) is 0. The van der Waals surface area contributed by atoms with Crippen LogP contribution in [-0.4, -0.2) is 20.2 Å². The number of halogens is 2. The number of amides is 2. The van der Waals surface area contributed by atoms with E-state index in [1.807, 2.05) is 0 Å². The number of hydrogen-bond acceptors (Lipinski definition) is 4. The maximum atomic E-state index is 13.8. The van der Waals surface area contributed by atoms with E-state index in [1.165, 1.54) is 30.3 Å². The highest BCUT2D eigenvalue weighted by molar-refractivity contribution is 7.92. The fourth-order valence-electron chi connectivity index (χ4n) is 2.21. The van der Waals surface area contributed by atoms with E-state index in [9.17, 15) is 22.4 Å². The van der Waals surface area contributed by atoms with Crippen LogP contribution in [0.4, 0.5) is 21.5 Å². The third-order valence-corrected chi connectivity index (χ3v) is 4.94. The molecule has 0 radical (unpaired) electrons. The van der Waals surface area contributed by atoms with E-state index in [4.69, 9.17) is 11.6 Å². The van der Waals surface area contributed by atoms with Crippen LogP contribution in [0.2, 0.25) is 5.02 Å². The van der Waals surface area contributed by atoms with Gasteiger partial charge in [0.2, 0.25) is 11.8 Å². The van der Waals surface area contributed by atoms with Crippen LogP contribution in [0.5, 0.6) is 0 Å². The summed E-state index contributed by atoms with van der Waals surface area (Å²) in [6.07, 6.45) is -0.370. The molecule has 0 bridgehead atoms. The van der Waals surface area contributed by atoms with E-state index in [1.54, 1.807) is 0 Å². The third-order valence-electron chi connectivity index (χ3n) is 3.35. The second-order valence-corrected chi connectivity index (χ2v) is 7.33. The molecule has 3 rings (SSSR count). The molecular formula is C15H11ClFN3O4S. The summed E-state index contributed by atoms with van der Waals surface area (Å²) in [6, 6.07) is 7.26. The van der Waals surface area contributed by atoms with Crippen molar-refractivity contribution < 1.29 is 22.4 Å². The van der Waals surface area contributed by atoms with Crippen LogP contribution in [0.3, 0.4) is 0 Å². The van der Waals surface area contributed by atoms with Crippen LogP contribution >= 0.6 is 11.6 Å². The van der Waals surface area contributed by atoms with Crippen molar-refractivity contribution in [2.45, 2.75) is 11.3 Å². The second kappa shape index (κ2) is 6.34. The highest BCUT2D eigenvalue weighted by atomic mass is 35.5. The van der Waals surface area contributed by atoms with Crippen molar-refractivity contribution in [1.29, 1.82) is 0 Å². The van der Waals surface area contributed by atoms with Gasteiger partial charge in [-0.1, -0.05) is 11.6 Å². The normalized spacial score (nSPS) is 14.2. The van der Waals surface area contributed by atoms with Crippen LogP contribution < -0.4 is 15.4 Å². The number of nitrogens with one attached hydrogen (secondary N) is 3. The first kappa shape index (κ1) is 17.2. The molecule has 0 saturated carbocycles. The molecule has 0 aromatic heterocycles. The van der Waals surface area contributed by atoms with Gasteiger partial charge in [0.15, 0.2) is 0 Å². The summed E-state index contributed by atoms with van der Waals surface area (Å²) in [5.74, 6) is -1.90. The first-order valence-corrected chi connectivity index (χ1v) is 8.82. The van der Waals surface area contributed by atoms with E-state index < -0.39 is 27.7 Å². The summed E-state index contributed by atoms with van der Waals surface area (Å²) in [5, 5.41) is 5.05. The highest BCUT2D eigenvalue weighted by Crippen LogP contribution is 2.29. The molecule has 0 aliphatic carbocycles. The van der Waals surface area contributed by atoms with E-state index in [0.717, 1.165) is 6.07 Å². The van der Waals surface area contributed by atoms with E-state index >= 15 is 0 Å². The van der Waals surface area contributed by atoms with Gasteiger partial charge in [0.25, 0.3) is 10.0 Å². The largest absolute Gasteiger partial charge is 0.324 e. The first-order chi connectivity index (χ1) is 11.7. The molecule has 0 spiro atoms. The molecule has 1 aliphatic rings. The van der Waals surface area contributed by atoms with Crippen molar-refractivity contribution in [3.8, 4) is 0 Å². The Labute approximate surface area is 147 Å². The van der Waals surface area contributed by atoms with Crippen LogP contribution in [0, 0.1) is 5.82 Å². The molecule has 1 heterocycles. The Bertz CT molecular complexity index is 994. The minimum absolute atomic E-state index is 0.129. The van der Waals surface area contributed by atoms with Crippen molar-refractivity contribution in [3.05, 3.63) is 47.2 Å². The molecule has 0 fully saturated rings. The van der Waals surface area contributed by atoms with Crippen LogP contribution in [0.1, 0.15) is 6.42 Å². The zero-order valence-electron chi connectivity index (χ0n) is 12.5. The smallest absolute Gasteiger partial charge is 0.262 e. The minimum Gasteiger partial charge on any atom is -0.324 e. The van der Waals surface area contributed by atoms with E-state index in [2.05, 4.69) is 15.4 Å². The summed E-state index contributed by atoms with van der Waals surface area (Å²) >= 11 is 5.63. The average molecular weight is 384 g/mol. The number of anilines is 3. The van der Waals surface area contributed by atoms with Gasteiger partial charge in [-0.2, -0.15) is 0 Å². The lowest BCUT2D eigenvalue weighted by Crippen LogP contribution is -2.16. The molecule has 0 atom stereocenters. The lowest BCUT2D eigenvalue weighted by Gasteiger charge is -2.12. The number of sulfonamides is 1. The quantitative estimate of drug-likeness (QED) is 0.708. The Kier molecular flexibility index (Phi) is 4.36. The number of carbonyl (C=O) groups excluding carboxylic acids is 2. The Morgan fingerprint density at radius 3 is 2.36 bits per heavy atom. The Balaban J connectivity index is 1.95. The van der Waals surface area contributed by atoms with Gasteiger partial charge in [-0.05, 0) is 36.4 Å². The standard InChI is InChI=1S/C15H11ClFN3O4S/c16-8-1-3-11(10(17)5-8)20-25(23,24)9-2-4-12-13(6-9)19-15(22)7-14(21)18-12/h1-6,20H,7H2,(H,18,21)(H,19,22). The fraction of sp³-hybridized carbons (Fsp3) is 0.0667. The van der Waals surface area contributed by atoms with Crippen LogP contribution in [-0.2, 0) is 19.6 Å².